The molecule has 6 aromatic carbocycles. The van der Waals surface area contributed by atoms with Crippen LogP contribution in [0, 0.1) is 52.4 Å². The molecule has 0 radical (unpaired) electrons. The number of hydrogen-bond donors (Lipinski definition) is 0. The summed E-state index contributed by atoms with van der Waals surface area (Å²) < 4.78 is 0. The largest absolute Gasteiger partial charge is 0.310 e. The van der Waals surface area contributed by atoms with Crippen LogP contribution in [0.5, 0.6) is 0 Å². The van der Waals surface area contributed by atoms with E-state index in [0.29, 0.717) is 0 Å². The van der Waals surface area contributed by atoms with Gasteiger partial charge in [-0.15, -0.1) is 12.8 Å². The first-order valence-electron chi connectivity index (χ1n) is 19.4. The Kier molecular flexibility index (Phi) is 12.1. The Morgan fingerprint density at radius 1 is 0.426 bits per heavy atom. The zero-order valence-corrected chi connectivity index (χ0v) is 32.8. The zero-order valence-electron chi connectivity index (χ0n) is 32.8. The minimum atomic E-state index is 0.918. The van der Waals surface area contributed by atoms with E-state index in [1.165, 1.54) is 59.1 Å². The van der Waals surface area contributed by atoms with Crippen molar-refractivity contribution >= 4 is 34.1 Å². The number of aryl methyl sites for hydroxylation is 6. The highest BCUT2D eigenvalue weighted by atomic mass is 15.1. The second-order valence-electron chi connectivity index (χ2n) is 14.5. The smallest absolute Gasteiger partial charge is 0.0491 e. The average molecular weight is 705 g/mol. The van der Waals surface area contributed by atoms with Crippen LogP contribution in [0.25, 0.3) is 11.1 Å². The van der Waals surface area contributed by atoms with Crippen LogP contribution in [-0.4, -0.2) is 0 Å². The minimum absolute atomic E-state index is 0.918. The van der Waals surface area contributed by atoms with Crippen molar-refractivity contribution in [3.63, 3.8) is 0 Å². The molecule has 6 rings (SSSR count). The molecular weight excluding hydrogens is 653 g/mol. The van der Waals surface area contributed by atoms with Crippen molar-refractivity contribution < 1.29 is 0 Å². The van der Waals surface area contributed by atoms with Crippen molar-refractivity contribution in [1.82, 2.24) is 0 Å². The average Bonchev–Trinajstić information content (AvgIpc) is 3.18. The van der Waals surface area contributed by atoms with E-state index in [2.05, 4.69) is 185 Å². The Hall–Kier alpha value is -5.96. The van der Waals surface area contributed by atoms with Gasteiger partial charge in [0.25, 0.3) is 0 Å². The van der Waals surface area contributed by atoms with Crippen LogP contribution in [0.4, 0.5) is 34.1 Å². The van der Waals surface area contributed by atoms with Gasteiger partial charge >= 0.3 is 0 Å². The summed E-state index contributed by atoms with van der Waals surface area (Å²) in [7, 11) is 0. The SMILES string of the molecule is C#Cc1ccc(N(c2ccc(CCCC)cc2)c2ccc(-c3ccc(N(c4ccc(CCCC)cc4)c4ccc(C#C)c(C)c4)c(C)c3)cc2C)cc1C. The van der Waals surface area contributed by atoms with Gasteiger partial charge in [0.15, 0.2) is 0 Å². The molecule has 0 aliphatic carbocycles. The van der Waals surface area contributed by atoms with Gasteiger partial charge < -0.3 is 9.80 Å². The molecule has 0 unspecified atom stereocenters. The number of unbranched alkanes of at least 4 members (excludes halogenated alkanes) is 2. The highest BCUT2D eigenvalue weighted by Crippen LogP contribution is 2.41. The van der Waals surface area contributed by atoms with Gasteiger partial charge in [-0.3, -0.25) is 0 Å². The number of benzene rings is 6. The third-order valence-corrected chi connectivity index (χ3v) is 10.5. The van der Waals surface area contributed by atoms with Crippen LogP contribution >= 0.6 is 0 Å². The standard InChI is InChI=1S/C52H52N2/c1-9-13-15-41-17-25-47(26-18-41)53(49-29-21-43(11-3)37(5)35-49)51-31-23-45(33-39(51)7)46-24-32-52(40(8)34-46)54(50-30-22-44(12-4)38(6)36-50)48-27-19-42(20-28-48)16-14-10-2/h3-4,17-36H,9-10,13-16H2,1-2,5-8H3. The van der Waals surface area contributed by atoms with Gasteiger partial charge in [0, 0.05) is 45.3 Å². The van der Waals surface area contributed by atoms with Gasteiger partial charge in [-0.2, -0.15) is 0 Å². The first kappa shape index (κ1) is 37.8. The fraction of sp³-hybridized carbons (Fsp3) is 0.231. The Morgan fingerprint density at radius 2 is 0.796 bits per heavy atom. The Balaban J connectivity index is 1.37. The normalized spacial score (nSPS) is 10.8. The number of nitrogens with zero attached hydrogens (tertiary/aromatic N) is 2. The summed E-state index contributed by atoms with van der Waals surface area (Å²) in [4.78, 5) is 4.70. The molecule has 0 saturated heterocycles. The maximum Gasteiger partial charge on any atom is 0.0491 e. The van der Waals surface area contributed by atoms with Gasteiger partial charge in [0.1, 0.15) is 0 Å². The van der Waals surface area contributed by atoms with Crippen LogP contribution < -0.4 is 9.80 Å². The fourth-order valence-corrected chi connectivity index (χ4v) is 7.31. The van der Waals surface area contributed by atoms with E-state index in [0.717, 1.165) is 69.2 Å². The van der Waals surface area contributed by atoms with Crippen LogP contribution in [-0.2, 0) is 12.8 Å². The van der Waals surface area contributed by atoms with Crippen LogP contribution in [0.15, 0.2) is 121 Å². The summed E-state index contributed by atoms with van der Waals surface area (Å²) in [5.74, 6) is 5.65. The molecular formula is C52H52N2. The van der Waals surface area contributed by atoms with Crippen LogP contribution in [0.2, 0.25) is 0 Å². The lowest BCUT2D eigenvalue weighted by atomic mass is 9.98. The maximum absolute atomic E-state index is 5.81. The second kappa shape index (κ2) is 17.2. The van der Waals surface area contributed by atoms with Gasteiger partial charge in [-0.05, 0) is 183 Å². The lowest BCUT2D eigenvalue weighted by molar-refractivity contribution is 0.795. The molecule has 0 amide bonds. The predicted octanol–water partition coefficient (Wildman–Crippen LogP) is 14.2. The zero-order chi connectivity index (χ0) is 38.2. The lowest BCUT2D eigenvalue weighted by Gasteiger charge is -2.29. The molecule has 0 aliphatic heterocycles. The molecule has 2 heteroatoms. The molecule has 0 saturated carbocycles. The van der Waals surface area contributed by atoms with Gasteiger partial charge in [0.05, 0.1) is 0 Å². The molecule has 0 aliphatic rings. The molecule has 0 heterocycles. The second-order valence-corrected chi connectivity index (χ2v) is 14.5. The lowest BCUT2D eigenvalue weighted by Crippen LogP contribution is -2.12. The van der Waals surface area contributed by atoms with E-state index in [9.17, 15) is 0 Å². The van der Waals surface area contributed by atoms with Crippen molar-refractivity contribution in [2.75, 3.05) is 9.80 Å². The summed E-state index contributed by atoms with van der Waals surface area (Å²) >= 11 is 0. The number of rotatable bonds is 13. The molecule has 0 N–H and O–H groups in total. The Bertz CT molecular complexity index is 2150. The van der Waals surface area contributed by atoms with Crippen molar-refractivity contribution in [1.29, 1.82) is 0 Å². The minimum Gasteiger partial charge on any atom is -0.310 e. The maximum atomic E-state index is 5.81. The van der Waals surface area contributed by atoms with Gasteiger partial charge in [0.2, 0.25) is 0 Å². The molecule has 0 spiro atoms. The number of hydrogen-bond acceptors (Lipinski definition) is 2. The Morgan fingerprint density at radius 3 is 1.11 bits per heavy atom. The van der Waals surface area contributed by atoms with E-state index < -0.39 is 0 Å². The summed E-state index contributed by atoms with van der Waals surface area (Å²) in [6, 6.07) is 44.4. The predicted molar refractivity (Wildman–Crippen MR) is 233 cm³/mol. The molecule has 6 aromatic rings. The molecule has 2 nitrogen and oxygen atoms in total. The summed E-state index contributed by atoms with van der Waals surface area (Å²) in [6.07, 6.45) is 18.6. The van der Waals surface area contributed by atoms with Crippen molar-refractivity contribution in [3.8, 4) is 35.8 Å². The van der Waals surface area contributed by atoms with E-state index in [1.807, 2.05) is 0 Å². The highest BCUT2D eigenvalue weighted by molar-refractivity contribution is 5.84. The first-order chi connectivity index (χ1) is 26.2. The molecule has 0 atom stereocenters. The monoisotopic (exact) mass is 704 g/mol. The molecule has 54 heavy (non-hydrogen) atoms. The van der Waals surface area contributed by atoms with Crippen molar-refractivity contribution in [3.05, 3.63) is 166 Å². The number of anilines is 6. The number of terminal acetylenes is 2. The topological polar surface area (TPSA) is 6.48 Å². The summed E-state index contributed by atoms with van der Waals surface area (Å²) in [5.41, 5.74) is 18.2. The molecule has 0 fully saturated rings. The van der Waals surface area contributed by atoms with Crippen LogP contribution in [0.1, 0.15) is 84.0 Å². The third kappa shape index (κ3) is 8.31. The summed E-state index contributed by atoms with van der Waals surface area (Å²) in [6.45, 7) is 13.1. The van der Waals surface area contributed by atoms with Crippen molar-refractivity contribution in [2.45, 2.75) is 80.1 Å². The van der Waals surface area contributed by atoms with E-state index in [-0.39, 0.29) is 0 Å². The van der Waals surface area contributed by atoms with Crippen molar-refractivity contribution in [2.24, 2.45) is 0 Å². The highest BCUT2D eigenvalue weighted by Gasteiger charge is 2.19. The third-order valence-electron chi connectivity index (χ3n) is 10.5. The Labute approximate surface area is 324 Å². The molecule has 0 bridgehead atoms. The van der Waals surface area contributed by atoms with Crippen LogP contribution in [0.3, 0.4) is 0 Å². The molecule has 270 valence electrons. The fourth-order valence-electron chi connectivity index (χ4n) is 7.31. The van der Waals surface area contributed by atoms with E-state index in [4.69, 9.17) is 12.8 Å². The summed E-state index contributed by atoms with van der Waals surface area (Å²) in [5, 5.41) is 0. The molecule has 0 aromatic heterocycles. The van der Waals surface area contributed by atoms with E-state index >= 15 is 0 Å². The van der Waals surface area contributed by atoms with Gasteiger partial charge in [-0.1, -0.05) is 74.9 Å². The first-order valence-corrected chi connectivity index (χ1v) is 19.4. The van der Waals surface area contributed by atoms with Gasteiger partial charge in [-0.25, -0.2) is 0 Å². The quantitative estimate of drug-likeness (QED) is 0.110. The van der Waals surface area contributed by atoms with E-state index in [1.54, 1.807) is 0 Å².